The number of amides is 2. The van der Waals surface area contributed by atoms with E-state index in [0.29, 0.717) is 13.0 Å². The molecule has 0 aliphatic carbocycles. The molecular weight excluding hydrogens is 292 g/mol. The Morgan fingerprint density at radius 1 is 1.09 bits per heavy atom. The van der Waals surface area contributed by atoms with Crippen molar-refractivity contribution in [3.8, 4) is 0 Å². The molecule has 0 heterocycles. The van der Waals surface area contributed by atoms with Crippen molar-refractivity contribution in [1.29, 1.82) is 0 Å². The van der Waals surface area contributed by atoms with Crippen LogP contribution >= 0.6 is 0 Å². The van der Waals surface area contributed by atoms with E-state index in [4.69, 9.17) is 5.11 Å². The molecule has 0 fully saturated rings. The maximum Gasteiger partial charge on any atom is 0.326 e. The van der Waals surface area contributed by atoms with E-state index in [0.717, 1.165) is 5.56 Å². The Bertz CT molecular complexity index is 692. The van der Waals surface area contributed by atoms with Crippen molar-refractivity contribution in [3.63, 3.8) is 0 Å². The molecule has 0 saturated carbocycles. The van der Waals surface area contributed by atoms with E-state index >= 15 is 0 Å². The molecule has 0 aliphatic heterocycles. The first-order valence-corrected chi connectivity index (χ1v) is 7.73. The lowest BCUT2D eigenvalue weighted by Gasteiger charge is -2.18. The average Bonchev–Trinajstić information content (AvgIpc) is 2.52. The van der Waals surface area contributed by atoms with E-state index in [1.807, 2.05) is 24.3 Å². The molecule has 23 heavy (non-hydrogen) atoms. The Hall–Kier alpha value is -2.56. The summed E-state index contributed by atoms with van der Waals surface area (Å²) in [5.74, 6) is -1.19. The number of hydrogen-bond donors (Lipinski definition) is 3. The Morgan fingerprint density at radius 3 is 2.48 bits per heavy atom. The Kier molecular flexibility index (Phi) is 5.57. The van der Waals surface area contributed by atoms with Crippen LogP contribution < -0.4 is 10.6 Å². The van der Waals surface area contributed by atoms with E-state index < -0.39 is 18.0 Å². The molecule has 0 aromatic heterocycles. The minimum absolute atomic E-state index is 0.170. The van der Waals surface area contributed by atoms with Crippen molar-refractivity contribution < 1.29 is 14.7 Å². The standard InChI is InChI=1S/C18H22N2O3/c1-12(2)16(17(21)22)20-18(23)19-11-10-14-8-5-7-13-6-3-4-9-15(13)14/h3-9,12,16H,10-11H2,1-2H3,(H,21,22)(H2,19,20,23)/t16-/m0/s1. The van der Waals surface area contributed by atoms with E-state index in [-0.39, 0.29) is 5.92 Å². The molecule has 2 amide bonds. The third-order valence-electron chi connectivity index (χ3n) is 3.78. The van der Waals surface area contributed by atoms with Crippen LogP contribution in [0.15, 0.2) is 42.5 Å². The first-order chi connectivity index (χ1) is 11.0. The van der Waals surface area contributed by atoms with Crippen LogP contribution in [0.5, 0.6) is 0 Å². The Morgan fingerprint density at radius 2 is 1.78 bits per heavy atom. The van der Waals surface area contributed by atoms with Crippen LogP contribution in [0.3, 0.4) is 0 Å². The Labute approximate surface area is 135 Å². The van der Waals surface area contributed by atoms with Crippen LogP contribution in [0.25, 0.3) is 10.8 Å². The molecule has 2 aromatic rings. The minimum Gasteiger partial charge on any atom is -0.480 e. The van der Waals surface area contributed by atoms with Gasteiger partial charge in [-0.3, -0.25) is 0 Å². The third kappa shape index (κ3) is 4.45. The highest BCUT2D eigenvalue weighted by atomic mass is 16.4. The molecule has 5 nitrogen and oxygen atoms in total. The SMILES string of the molecule is CC(C)[C@H](NC(=O)NCCc1cccc2ccccc12)C(=O)O. The fourth-order valence-electron chi connectivity index (χ4n) is 2.53. The zero-order valence-electron chi connectivity index (χ0n) is 13.4. The maximum absolute atomic E-state index is 11.8. The highest BCUT2D eigenvalue weighted by Gasteiger charge is 2.23. The zero-order chi connectivity index (χ0) is 16.8. The van der Waals surface area contributed by atoms with Crippen molar-refractivity contribution in [3.05, 3.63) is 48.0 Å². The van der Waals surface area contributed by atoms with Crippen molar-refractivity contribution in [2.75, 3.05) is 6.54 Å². The normalized spacial score (nSPS) is 12.1. The number of hydrogen-bond acceptors (Lipinski definition) is 2. The van der Waals surface area contributed by atoms with Gasteiger partial charge in [0.15, 0.2) is 0 Å². The number of carbonyl (C=O) groups excluding carboxylic acids is 1. The number of carbonyl (C=O) groups is 2. The number of benzene rings is 2. The van der Waals surface area contributed by atoms with Crippen molar-refractivity contribution in [2.45, 2.75) is 26.3 Å². The van der Waals surface area contributed by atoms with Crippen LogP contribution in [-0.2, 0) is 11.2 Å². The second-order valence-electron chi connectivity index (χ2n) is 5.85. The highest BCUT2D eigenvalue weighted by molar-refractivity contribution is 5.86. The number of carboxylic acids is 1. The molecule has 0 saturated heterocycles. The molecule has 0 bridgehead atoms. The molecule has 5 heteroatoms. The summed E-state index contributed by atoms with van der Waals surface area (Å²) in [4.78, 5) is 22.9. The van der Waals surface area contributed by atoms with Crippen LogP contribution in [0.2, 0.25) is 0 Å². The molecular formula is C18H22N2O3. The smallest absolute Gasteiger partial charge is 0.326 e. The molecule has 2 aromatic carbocycles. The maximum atomic E-state index is 11.8. The van der Waals surface area contributed by atoms with Gasteiger partial charge in [0.1, 0.15) is 6.04 Å². The molecule has 122 valence electrons. The molecule has 0 radical (unpaired) electrons. The van der Waals surface area contributed by atoms with Crippen molar-refractivity contribution in [1.82, 2.24) is 10.6 Å². The van der Waals surface area contributed by atoms with Crippen molar-refractivity contribution in [2.24, 2.45) is 5.92 Å². The largest absolute Gasteiger partial charge is 0.480 e. The van der Waals surface area contributed by atoms with E-state index in [1.54, 1.807) is 13.8 Å². The van der Waals surface area contributed by atoms with Crippen LogP contribution in [0.1, 0.15) is 19.4 Å². The number of urea groups is 1. The molecule has 1 atom stereocenters. The lowest BCUT2D eigenvalue weighted by molar-refractivity contribution is -0.140. The molecule has 0 spiro atoms. The second-order valence-corrected chi connectivity index (χ2v) is 5.85. The van der Waals surface area contributed by atoms with Crippen LogP contribution in [-0.4, -0.2) is 29.7 Å². The lowest BCUT2D eigenvalue weighted by Crippen LogP contribution is -2.48. The monoisotopic (exact) mass is 314 g/mol. The van der Waals surface area contributed by atoms with Crippen LogP contribution in [0, 0.1) is 5.92 Å². The summed E-state index contributed by atoms with van der Waals surface area (Å²) in [6.07, 6.45) is 0.689. The van der Waals surface area contributed by atoms with E-state index in [2.05, 4.69) is 28.8 Å². The van der Waals surface area contributed by atoms with Gasteiger partial charge >= 0.3 is 12.0 Å². The summed E-state index contributed by atoms with van der Waals surface area (Å²) < 4.78 is 0. The lowest BCUT2D eigenvalue weighted by atomic mass is 10.0. The highest BCUT2D eigenvalue weighted by Crippen LogP contribution is 2.18. The molecule has 2 rings (SSSR count). The molecule has 0 aliphatic rings. The quantitative estimate of drug-likeness (QED) is 0.767. The summed E-state index contributed by atoms with van der Waals surface area (Å²) in [5.41, 5.74) is 1.15. The van der Waals surface area contributed by atoms with E-state index in [9.17, 15) is 9.59 Å². The average molecular weight is 314 g/mol. The predicted molar refractivity (Wildman–Crippen MR) is 90.4 cm³/mol. The van der Waals surface area contributed by atoms with Gasteiger partial charge in [-0.1, -0.05) is 56.3 Å². The summed E-state index contributed by atoms with van der Waals surface area (Å²) in [6, 6.07) is 12.9. The summed E-state index contributed by atoms with van der Waals surface area (Å²) in [5, 5.41) is 16.6. The predicted octanol–water partition coefficient (Wildman–Crippen LogP) is 2.79. The van der Waals surface area contributed by atoms with Gasteiger partial charge in [0, 0.05) is 6.54 Å². The fraction of sp³-hybridized carbons (Fsp3) is 0.333. The minimum atomic E-state index is -1.02. The van der Waals surface area contributed by atoms with E-state index in [1.165, 1.54) is 10.8 Å². The van der Waals surface area contributed by atoms with Crippen molar-refractivity contribution >= 4 is 22.8 Å². The Balaban J connectivity index is 1.91. The number of rotatable bonds is 6. The second kappa shape index (κ2) is 7.63. The van der Waals surface area contributed by atoms with Gasteiger partial charge in [0.25, 0.3) is 0 Å². The molecule has 0 unspecified atom stereocenters. The fourth-order valence-corrected chi connectivity index (χ4v) is 2.53. The number of aliphatic carboxylic acids is 1. The van der Waals surface area contributed by atoms with Gasteiger partial charge < -0.3 is 15.7 Å². The summed E-state index contributed by atoms with van der Waals surface area (Å²) in [6.45, 7) is 3.97. The van der Waals surface area contributed by atoms with Gasteiger partial charge in [-0.05, 0) is 28.7 Å². The summed E-state index contributed by atoms with van der Waals surface area (Å²) >= 11 is 0. The van der Waals surface area contributed by atoms with Crippen LogP contribution in [0.4, 0.5) is 4.79 Å². The zero-order valence-corrected chi connectivity index (χ0v) is 13.4. The summed E-state index contributed by atoms with van der Waals surface area (Å²) in [7, 11) is 0. The first-order valence-electron chi connectivity index (χ1n) is 7.73. The number of nitrogens with one attached hydrogen (secondary N) is 2. The number of fused-ring (bicyclic) bond motifs is 1. The van der Waals surface area contributed by atoms with Gasteiger partial charge in [-0.15, -0.1) is 0 Å². The van der Waals surface area contributed by atoms with Gasteiger partial charge in [-0.25, -0.2) is 9.59 Å². The number of carboxylic acid groups (broad SMARTS) is 1. The topological polar surface area (TPSA) is 78.4 Å². The molecule has 3 N–H and O–H groups in total. The van der Waals surface area contributed by atoms with Gasteiger partial charge in [0.05, 0.1) is 0 Å². The van der Waals surface area contributed by atoms with Gasteiger partial charge in [0.2, 0.25) is 0 Å². The third-order valence-corrected chi connectivity index (χ3v) is 3.78. The van der Waals surface area contributed by atoms with Gasteiger partial charge in [-0.2, -0.15) is 0 Å². The first kappa shape index (κ1) is 16.8.